The predicted octanol–water partition coefficient (Wildman–Crippen LogP) is 4.48. The van der Waals surface area contributed by atoms with Crippen LogP contribution in [0.15, 0.2) is 36.5 Å². The first-order chi connectivity index (χ1) is 17.1. The Bertz CT molecular complexity index is 1420. The topological polar surface area (TPSA) is 91.2 Å². The number of amides is 1. The third-order valence-corrected chi connectivity index (χ3v) is 7.36. The van der Waals surface area contributed by atoms with E-state index in [0.717, 1.165) is 66.1 Å². The molecule has 2 aliphatic rings. The zero-order chi connectivity index (χ0) is 24.1. The fraction of sp³-hybridized carbons (Fsp3) is 0.444. The van der Waals surface area contributed by atoms with Gasteiger partial charge in [0.15, 0.2) is 5.82 Å². The fourth-order valence-electron chi connectivity index (χ4n) is 5.41. The van der Waals surface area contributed by atoms with Gasteiger partial charge in [-0.3, -0.25) is 4.79 Å². The third-order valence-electron chi connectivity index (χ3n) is 7.36. The molecule has 0 bridgehead atoms. The summed E-state index contributed by atoms with van der Waals surface area (Å²) in [6, 6.07) is 10.1. The maximum absolute atomic E-state index is 13.4. The second-order valence-electron chi connectivity index (χ2n) is 9.88. The molecule has 1 saturated carbocycles. The average molecular weight is 509 g/mol. The van der Waals surface area contributed by atoms with E-state index in [1.54, 1.807) is 7.11 Å². The summed E-state index contributed by atoms with van der Waals surface area (Å²) in [5.41, 5.74) is 10.5. The monoisotopic (exact) mass is 508 g/mol. The first-order valence-electron chi connectivity index (χ1n) is 12.6. The summed E-state index contributed by atoms with van der Waals surface area (Å²) in [5.74, 6) is 2.22. The lowest BCUT2D eigenvalue weighted by Gasteiger charge is -2.30. The Balaban J connectivity index is 0.00000267. The van der Waals surface area contributed by atoms with Gasteiger partial charge in [-0.05, 0) is 68.9 Å². The number of halogens is 1. The second-order valence-corrected chi connectivity index (χ2v) is 9.88. The number of carbonyl (C=O) groups excluding carboxylic acids is 1. The van der Waals surface area contributed by atoms with E-state index in [4.69, 9.17) is 15.5 Å². The number of methoxy groups -OCH3 is 1. The van der Waals surface area contributed by atoms with Gasteiger partial charge in [0.25, 0.3) is 5.91 Å². The van der Waals surface area contributed by atoms with Crippen LogP contribution in [-0.4, -0.2) is 56.2 Å². The molecule has 0 unspecified atom stereocenters. The SMILES string of the molecule is CCn1c(-c2cc3cccnc3n2CC2CC2)nc2cc(C(=O)N3CCC[C@@H](N)C3)cc(OC)c21.Cl. The highest BCUT2D eigenvalue weighted by atomic mass is 35.5. The van der Waals surface area contributed by atoms with Gasteiger partial charge in [0.2, 0.25) is 0 Å². The number of hydrogen-bond donors (Lipinski definition) is 1. The van der Waals surface area contributed by atoms with Gasteiger partial charge in [0, 0.05) is 49.4 Å². The lowest BCUT2D eigenvalue weighted by molar-refractivity contribution is 0.0708. The number of nitrogens with zero attached hydrogens (tertiary/aromatic N) is 5. The number of carbonyl (C=O) groups is 1. The highest BCUT2D eigenvalue weighted by Gasteiger charge is 2.28. The van der Waals surface area contributed by atoms with E-state index in [1.165, 1.54) is 12.8 Å². The van der Waals surface area contributed by atoms with Gasteiger partial charge in [-0.2, -0.15) is 0 Å². The van der Waals surface area contributed by atoms with Crippen LogP contribution in [0.1, 0.15) is 43.0 Å². The second kappa shape index (κ2) is 9.75. The average Bonchev–Trinajstić information content (AvgIpc) is 3.52. The maximum atomic E-state index is 13.4. The molecule has 1 atom stereocenters. The minimum Gasteiger partial charge on any atom is -0.494 e. The predicted molar refractivity (Wildman–Crippen MR) is 144 cm³/mol. The molecule has 4 heterocycles. The number of rotatable bonds is 6. The van der Waals surface area contributed by atoms with E-state index in [1.807, 2.05) is 29.3 Å². The van der Waals surface area contributed by atoms with E-state index in [2.05, 4.69) is 33.2 Å². The molecule has 36 heavy (non-hydrogen) atoms. The lowest BCUT2D eigenvalue weighted by atomic mass is 10.0. The molecular formula is C27H33ClN6O2. The quantitative estimate of drug-likeness (QED) is 0.414. The molecule has 6 rings (SSSR count). The number of pyridine rings is 1. The summed E-state index contributed by atoms with van der Waals surface area (Å²) in [7, 11) is 1.65. The molecule has 9 heteroatoms. The van der Waals surface area contributed by atoms with Crippen LogP contribution >= 0.6 is 12.4 Å². The first-order valence-corrected chi connectivity index (χ1v) is 12.6. The van der Waals surface area contributed by atoms with Crippen molar-refractivity contribution in [3.63, 3.8) is 0 Å². The molecule has 3 aromatic heterocycles. The minimum absolute atomic E-state index is 0. The van der Waals surface area contributed by atoms with Crippen molar-refractivity contribution >= 4 is 40.4 Å². The number of imidazole rings is 1. The van der Waals surface area contributed by atoms with E-state index >= 15 is 0 Å². The van der Waals surface area contributed by atoms with Gasteiger partial charge in [-0.25, -0.2) is 9.97 Å². The van der Waals surface area contributed by atoms with Crippen LogP contribution < -0.4 is 10.5 Å². The first kappa shape index (κ1) is 24.6. The molecule has 1 aliphatic heterocycles. The summed E-state index contributed by atoms with van der Waals surface area (Å²) in [4.78, 5) is 25.0. The summed E-state index contributed by atoms with van der Waals surface area (Å²) in [6.07, 6.45) is 6.26. The van der Waals surface area contributed by atoms with Crippen molar-refractivity contribution in [3.05, 3.63) is 42.1 Å². The normalized spacial score (nSPS) is 18.0. The molecule has 0 spiro atoms. The van der Waals surface area contributed by atoms with Crippen molar-refractivity contribution in [1.29, 1.82) is 0 Å². The van der Waals surface area contributed by atoms with Crippen molar-refractivity contribution in [2.24, 2.45) is 11.7 Å². The van der Waals surface area contributed by atoms with Crippen LogP contribution in [0, 0.1) is 5.92 Å². The smallest absolute Gasteiger partial charge is 0.254 e. The zero-order valence-corrected chi connectivity index (χ0v) is 21.6. The van der Waals surface area contributed by atoms with Gasteiger partial charge in [0.1, 0.15) is 16.9 Å². The van der Waals surface area contributed by atoms with Gasteiger partial charge in [-0.1, -0.05) is 0 Å². The number of aryl methyl sites for hydroxylation is 1. The number of aromatic nitrogens is 4. The maximum Gasteiger partial charge on any atom is 0.254 e. The molecule has 190 valence electrons. The molecule has 4 aromatic rings. The number of piperidine rings is 1. The number of ether oxygens (including phenoxy) is 1. The van der Waals surface area contributed by atoms with Crippen LogP contribution in [0.4, 0.5) is 0 Å². The van der Waals surface area contributed by atoms with Crippen molar-refractivity contribution < 1.29 is 9.53 Å². The Labute approximate surface area is 216 Å². The minimum atomic E-state index is -0.0139. The molecular weight excluding hydrogens is 476 g/mol. The number of hydrogen-bond acceptors (Lipinski definition) is 5. The van der Waals surface area contributed by atoms with Crippen molar-refractivity contribution in [2.45, 2.75) is 51.7 Å². The lowest BCUT2D eigenvalue weighted by Crippen LogP contribution is -2.45. The fourth-order valence-corrected chi connectivity index (χ4v) is 5.41. The molecule has 1 aromatic carbocycles. The van der Waals surface area contributed by atoms with Crippen LogP contribution in [0.3, 0.4) is 0 Å². The zero-order valence-electron chi connectivity index (χ0n) is 20.8. The van der Waals surface area contributed by atoms with E-state index < -0.39 is 0 Å². The standard InChI is InChI=1S/C27H32N6O2.ClH/c1-3-32-24-21(12-19(14-23(24)35-2)27(34)31-11-5-7-20(28)16-31)30-26(32)22-13-18-6-4-10-29-25(18)33(22)15-17-8-9-17;/h4,6,10,12-14,17,20H,3,5,7-9,11,15-16,28H2,1-2H3;1H/t20-;/m1./s1. The molecule has 2 N–H and O–H groups in total. The number of likely N-dealkylation sites (tertiary alicyclic amines) is 1. The summed E-state index contributed by atoms with van der Waals surface area (Å²) in [5, 5.41) is 1.11. The van der Waals surface area contributed by atoms with Crippen molar-refractivity contribution in [2.75, 3.05) is 20.2 Å². The van der Waals surface area contributed by atoms with Gasteiger partial charge < -0.3 is 24.5 Å². The van der Waals surface area contributed by atoms with Gasteiger partial charge >= 0.3 is 0 Å². The van der Waals surface area contributed by atoms with Crippen LogP contribution in [0.25, 0.3) is 33.6 Å². The highest BCUT2D eigenvalue weighted by Crippen LogP contribution is 2.38. The van der Waals surface area contributed by atoms with Crippen molar-refractivity contribution in [3.8, 4) is 17.3 Å². The Hall–Kier alpha value is -3.10. The Morgan fingerprint density at radius 2 is 2.03 bits per heavy atom. The van der Waals surface area contributed by atoms with Crippen molar-refractivity contribution in [1.82, 2.24) is 24.0 Å². The Morgan fingerprint density at radius 1 is 1.19 bits per heavy atom. The summed E-state index contributed by atoms with van der Waals surface area (Å²) in [6.45, 7) is 5.11. The molecule has 1 saturated heterocycles. The Morgan fingerprint density at radius 3 is 2.75 bits per heavy atom. The Kier molecular flexibility index (Phi) is 6.66. The number of benzene rings is 1. The molecule has 1 aliphatic carbocycles. The van der Waals surface area contributed by atoms with Gasteiger partial charge in [0.05, 0.1) is 18.3 Å². The van der Waals surface area contributed by atoms with Crippen LogP contribution in [0.5, 0.6) is 5.75 Å². The van der Waals surface area contributed by atoms with E-state index in [-0.39, 0.29) is 24.4 Å². The molecule has 0 radical (unpaired) electrons. The van der Waals surface area contributed by atoms with E-state index in [0.29, 0.717) is 23.8 Å². The largest absolute Gasteiger partial charge is 0.494 e. The third kappa shape index (κ3) is 4.22. The number of fused-ring (bicyclic) bond motifs is 2. The van der Waals surface area contributed by atoms with Crippen LogP contribution in [-0.2, 0) is 13.1 Å². The summed E-state index contributed by atoms with van der Waals surface area (Å²) < 4.78 is 10.3. The van der Waals surface area contributed by atoms with Crippen LogP contribution in [0.2, 0.25) is 0 Å². The number of nitrogens with two attached hydrogens (primary N) is 1. The molecule has 2 fully saturated rings. The molecule has 1 amide bonds. The molecule has 8 nitrogen and oxygen atoms in total. The summed E-state index contributed by atoms with van der Waals surface area (Å²) >= 11 is 0. The highest BCUT2D eigenvalue weighted by molar-refractivity contribution is 6.00. The van der Waals surface area contributed by atoms with E-state index in [9.17, 15) is 4.79 Å². The van der Waals surface area contributed by atoms with Gasteiger partial charge in [-0.15, -0.1) is 12.4 Å².